The number of phenols is 1. The fourth-order valence-corrected chi connectivity index (χ4v) is 3.54. The van der Waals surface area contributed by atoms with E-state index in [4.69, 9.17) is 10.8 Å². The SMILES string of the molecule is NC(Cc1ccc(O)cc1)C(=O)NCC(=O)NC(Cc1c[nH]c2ccccc12)C(=O)NCC(=O)O. The van der Waals surface area contributed by atoms with Crippen molar-refractivity contribution in [2.24, 2.45) is 5.73 Å². The number of carboxylic acids is 1. The third kappa shape index (κ3) is 7.30. The molecule has 0 aliphatic rings. The highest BCUT2D eigenvalue weighted by atomic mass is 16.4. The van der Waals surface area contributed by atoms with Crippen molar-refractivity contribution >= 4 is 34.6 Å². The number of phenolic OH excluding ortho intramolecular Hbond substituents is 1. The molecule has 1 heterocycles. The second-order valence-electron chi connectivity index (χ2n) is 7.99. The Hall–Kier alpha value is -4.38. The molecule has 1 aromatic heterocycles. The molecule has 2 aromatic carbocycles. The van der Waals surface area contributed by atoms with Gasteiger partial charge in [0, 0.05) is 23.5 Å². The number of H-pyrrole nitrogens is 1. The second-order valence-corrected chi connectivity index (χ2v) is 7.99. The number of nitrogens with two attached hydrogens (primary N) is 1. The molecule has 0 aliphatic heterocycles. The van der Waals surface area contributed by atoms with Crippen LogP contribution in [0.1, 0.15) is 11.1 Å². The lowest BCUT2D eigenvalue weighted by Crippen LogP contribution is -2.52. The Kier molecular flexibility index (Phi) is 8.41. The van der Waals surface area contributed by atoms with Crippen molar-refractivity contribution in [1.82, 2.24) is 20.9 Å². The summed E-state index contributed by atoms with van der Waals surface area (Å²) in [7, 11) is 0. The van der Waals surface area contributed by atoms with Gasteiger partial charge in [0.15, 0.2) is 0 Å². The maximum absolute atomic E-state index is 12.6. The topological polar surface area (TPSA) is 187 Å². The number of carboxylic acid groups (broad SMARTS) is 1. The van der Waals surface area contributed by atoms with Crippen molar-refractivity contribution in [3.05, 3.63) is 65.9 Å². The van der Waals surface area contributed by atoms with Gasteiger partial charge in [0.1, 0.15) is 18.3 Å². The van der Waals surface area contributed by atoms with Crippen LogP contribution in [0.4, 0.5) is 0 Å². The molecule has 11 heteroatoms. The third-order valence-corrected chi connectivity index (χ3v) is 5.32. The molecule has 0 bridgehead atoms. The van der Waals surface area contributed by atoms with E-state index in [1.165, 1.54) is 12.1 Å². The smallest absolute Gasteiger partial charge is 0.322 e. The normalized spacial score (nSPS) is 12.5. The predicted molar refractivity (Wildman–Crippen MR) is 127 cm³/mol. The van der Waals surface area contributed by atoms with Gasteiger partial charge in [-0.2, -0.15) is 0 Å². The molecule has 0 fully saturated rings. The third-order valence-electron chi connectivity index (χ3n) is 5.32. The summed E-state index contributed by atoms with van der Waals surface area (Å²) in [5.41, 5.74) is 8.26. The summed E-state index contributed by atoms with van der Waals surface area (Å²) in [5, 5.41) is 26.3. The van der Waals surface area contributed by atoms with Crippen molar-refractivity contribution in [1.29, 1.82) is 0 Å². The number of carbonyl (C=O) groups excluding carboxylic acids is 3. The van der Waals surface area contributed by atoms with Gasteiger partial charge in [-0.25, -0.2) is 0 Å². The lowest BCUT2D eigenvalue weighted by molar-refractivity contribution is -0.138. The van der Waals surface area contributed by atoms with E-state index in [1.807, 2.05) is 24.3 Å². The molecule has 3 aromatic rings. The van der Waals surface area contributed by atoms with Crippen molar-refractivity contribution in [2.45, 2.75) is 24.9 Å². The molecule has 0 saturated heterocycles. The van der Waals surface area contributed by atoms with Gasteiger partial charge in [-0.05, 0) is 35.7 Å². The minimum atomic E-state index is -1.22. The van der Waals surface area contributed by atoms with E-state index in [1.54, 1.807) is 18.3 Å². The Balaban J connectivity index is 1.59. The van der Waals surface area contributed by atoms with Crippen LogP contribution >= 0.6 is 0 Å². The molecule has 3 amide bonds. The number of aliphatic carboxylic acids is 1. The van der Waals surface area contributed by atoms with E-state index in [9.17, 15) is 24.3 Å². The molecule has 0 spiro atoms. The van der Waals surface area contributed by atoms with Gasteiger partial charge in [-0.1, -0.05) is 30.3 Å². The number of carbonyl (C=O) groups is 4. The molecule has 8 N–H and O–H groups in total. The average molecular weight is 482 g/mol. The first kappa shape index (κ1) is 25.2. The zero-order valence-corrected chi connectivity index (χ0v) is 18.8. The van der Waals surface area contributed by atoms with Crippen LogP contribution in [0.15, 0.2) is 54.7 Å². The van der Waals surface area contributed by atoms with E-state index in [2.05, 4.69) is 20.9 Å². The number of hydrogen-bond donors (Lipinski definition) is 7. The monoisotopic (exact) mass is 481 g/mol. The number of amides is 3. The molecule has 2 atom stereocenters. The molecule has 35 heavy (non-hydrogen) atoms. The number of nitrogens with one attached hydrogen (secondary N) is 4. The van der Waals surface area contributed by atoms with E-state index in [-0.39, 0.29) is 18.6 Å². The van der Waals surface area contributed by atoms with Gasteiger partial charge in [0.05, 0.1) is 12.6 Å². The first-order chi connectivity index (χ1) is 16.7. The highest BCUT2D eigenvalue weighted by molar-refractivity contribution is 5.93. The predicted octanol–water partition coefficient (Wildman–Crippen LogP) is -0.212. The summed E-state index contributed by atoms with van der Waals surface area (Å²) in [6.45, 7) is -1.01. The molecule has 11 nitrogen and oxygen atoms in total. The van der Waals surface area contributed by atoms with Crippen LogP contribution in [-0.2, 0) is 32.0 Å². The maximum Gasteiger partial charge on any atom is 0.322 e. The lowest BCUT2D eigenvalue weighted by Gasteiger charge is -2.19. The molecule has 184 valence electrons. The minimum Gasteiger partial charge on any atom is -0.508 e. The Bertz CT molecular complexity index is 1210. The molecule has 0 radical (unpaired) electrons. The highest BCUT2D eigenvalue weighted by Crippen LogP contribution is 2.19. The first-order valence-corrected chi connectivity index (χ1v) is 10.9. The quantitative estimate of drug-likeness (QED) is 0.197. The number of fused-ring (bicyclic) bond motifs is 1. The Morgan fingerprint density at radius 2 is 1.60 bits per heavy atom. The molecular formula is C24H27N5O6. The first-order valence-electron chi connectivity index (χ1n) is 10.9. The van der Waals surface area contributed by atoms with E-state index in [0.29, 0.717) is 0 Å². The van der Waals surface area contributed by atoms with Gasteiger partial charge in [0.2, 0.25) is 17.7 Å². The van der Waals surface area contributed by atoms with E-state index in [0.717, 1.165) is 22.0 Å². The van der Waals surface area contributed by atoms with Crippen molar-refractivity contribution in [3.8, 4) is 5.75 Å². The zero-order valence-electron chi connectivity index (χ0n) is 18.8. The number of aromatic hydroxyl groups is 1. The van der Waals surface area contributed by atoms with Crippen molar-refractivity contribution in [3.63, 3.8) is 0 Å². The van der Waals surface area contributed by atoms with Crippen LogP contribution < -0.4 is 21.7 Å². The number of aromatic amines is 1. The van der Waals surface area contributed by atoms with E-state index < -0.39 is 48.9 Å². The summed E-state index contributed by atoms with van der Waals surface area (Å²) in [5.74, 6) is -2.98. The summed E-state index contributed by atoms with van der Waals surface area (Å²) in [6.07, 6.45) is 2.03. The van der Waals surface area contributed by atoms with Crippen molar-refractivity contribution < 1.29 is 29.4 Å². The van der Waals surface area contributed by atoms with Crippen LogP contribution in [0, 0.1) is 0 Å². The van der Waals surface area contributed by atoms with Gasteiger partial charge >= 0.3 is 5.97 Å². The average Bonchev–Trinajstić information content (AvgIpc) is 3.24. The summed E-state index contributed by atoms with van der Waals surface area (Å²) in [6, 6.07) is 11.7. The Morgan fingerprint density at radius 3 is 2.31 bits per heavy atom. The Labute approximate surface area is 200 Å². The molecule has 0 saturated carbocycles. The number of hydrogen-bond acceptors (Lipinski definition) is 6. The fourth-order valence-electron chi connectivity index (χ4n) is 3.54. The summed E-state index contributed by atoms with van der Waals surface area (Å²) in [4.78, 5) is 51.4. The summed E-state index contributed by atoms with van der Waals surface area (Å²) >= 11 is 0. The van der Waals surface area contributed by atoms with Gasteiger partial charge in [-0.3, -0.25) is 19.2 Å². The van der Waals surface area contributed by atoms with Crippen LogP contribution in [-0.4, -0.2) is 64.1 Å². The fraction of sp³-hybridized carbons (Fsp3) is 0.250. The molecule has 0 aliphatic carbocycles. The van der Waals surface area contributed by atoms with Crippen LogP contribution in [0.2, 0.25) is 0 Å². The molecular weight excluding hydrogens is 454 g/mol. The Morgan fingerprint density at radius 1 is 0.914 bits per heavy atom. The van der Waals surface area contributed by atoms with E-state index >= 15 is 0 Å². The number of aromatic nitrogens is 1. The van der Waals surface area contributed by atoms with Gasteiger partial charge < -0.3 is 36.9 Å². The maximum atomic E-state index is 12.6. The highest BCUT2D eigenvalue weighted by Gasteiger charge is 2.24. The zero-order chi connectivity index (χ0) is 25.4. The molecule has 3 rings (SSSR count). The van der Waals surface area contributed by atoms with Crippen LogP contribution in [0.25, 0.3) is 10.9 Å². The minimum absolute atomic E-state index is 0.0954. The number of para-hydroxylation sites is 1. The van der Waals surface area contributed by atoms with Crippen LogP contribution in [0.5, 0.6) is 5.75 Å². The van der Waals surface area contributed by atoms with Gasteiger partial charge in [-0.15, -0.1) is 0 Å². The molecule has 2 unspecified atom stereocenters. The van der Waals surface area contributed by atoms with Crippen LogP contribution in [0.3, 0.4) is 0 Å². The van der Waals surface area contributed by atoms with Gasteiger partial charge in [0.25, 0.3) is 0 Å². The number of benzene rings is 2. The largest absolute Gasteiger partial charge is 0.508 e. The van der Waals surface area contributed by atoms with Crippen molar-refractivity contribution in [2.75, 3.05) is 13.1 Å². The number of rotatable bonds is 11. The lowest BCUT2D eigenvalue weighted by atomic mass is 10.0. The summed E-state index contributed by atoms with van der Waals surface area (Å²) < 4.78 is 0. The second kappa shape index (κ2) is 11.7. The standard InChI is InChI=1S/C24H27N5O6/c25-18(9-14-5-7-16(30)8-6-14)23(34)27-12-21(31)29-20(24(35)28-13-22(32)33)10-15-11-26-19-4-2-1-3-17(15)19/h1-8,11,18,20,26,30H,9-10,12-13,25H2,(H,27,34)(H,28,35)(H,29,31)(H,32,33).